The molecule has 1 aliphatic heterocycles. The molecule has 4 nitrogen and oxygen atoms in total. The van der Waals surface area contributed by atoms with Crippen molar-refractivity contribution >= 4 is 74.6 Å². The second kappa shape index (κ2) is 15.6. The first kappa shape index (κ1) is 37.4. The van der Waals surface area contributed by atoms with Gasteiger partial charge in [-0.15, -0.1) is 11.3 Å². The lowest BCUT2D eigenvalue weighted by Crippen LogP contribution is -2.37. The number of fused-ring (bicyclic) bond motifs is 2. The molecule has 6 heteroatoms. The van der Waals surface area contributed by atoms with Gasteiger partial charge in [0.1, 0.15) is 17.6 Å². The molecule has 1 aromatic heterocycles. The van der Waals surface area contributed by atoms with Crippen molar-refractivity contribution in [1.29, 1.82) is 0 Å². The van der Waals surface area contributed by atoms with Gasteiger partial charge in [0.15, 0.2) is 0 Å². The molecule has 0 spiro atoms. The molecule has 0 saturated heterocycles. The Bertz CT molecular complexity index is 2910. The van der Waals surface area contributed by atoms with Crippen LogP contribution in [0.5, 0.6) is 0 Å². The van der Waals surface area contributed by atoms with Crippen LogP contribution in [0.2, 0.25) is 0 Å². The normalized spacial score (nSPS) is 15.7. The highest BCUT2D eigenvalue weighted by Crippen LogP contribution is 2.52. The molecule has 0 radical (unpaired) electrons. The van der Waals surface area contributed by atoms with E-state index in [1.165, 1.54) is 48.7 Å². The Morgan fingerprint density at radius 2 is 0.966 bits per heavy atom. The molecule has 284 valence electrons. The number of allylic oxidation sites excluding steroid dienone is 1. The predicted octanol–water partition coefficient (Wildman–Crippen LogP) is 11.9. The minimum absolute atomic E-state index is 0.0312. The third kappa shape index (κ3) is 7.04. The van der Waals surface area contributed by atoms with Crippen molar-refractivity contribution in [1.82, 2.24) is 0 Å². The summed E-state index contributed by atoms with van der Waals surface area (Å²) < 4.78 is 1.24. The largest absolute Gasteiger partial charge is 0.305 e. The number of anilines is 5. The van der Waals surface area contributed by atoms with Gasteiger partial charge in [-0.05, 0) is 127 Å². The first-order valence-corrected chi connectivity index (χ1v) is 21.2. The minimum Gasteiger partial charge on any atom is -0.305 e. The van der Waals surface area contributed by atoms with Gasteiger partial charge in [-0.3, -0.25) is 9.59 Å². The summed E-state index contributed by atoms with van der Waals surface area (Å²) in [6.45, 7) is 8.57. The Hall–Kier alpha value is -6.21. The number of aldehydes is 2. The molecule has 0 N–H and O–H groups in total. The van der Waals surface area contributed by atoms with E-state index >= 15 is 0 Å². The second-order valence-electron chi connectivity index (χ2n) is 15.2. The van der Waals surface area contributed by atoms with E-state index in [1.54, 1.807) is 0 Å². The van der Waals surface area contributed by atoms with E-state index in [1.807, 2.05) is 59.5 Å². The molecule has 9 rings (SSSR count). The summed E-state index contributed by atoms with van der Waals surface area (Å²) in [6.07, 6.45) is 4.31. The van der Waals surface area contributed by atoms with Gasteiger partial charge in [-0.1, -0.05) is 120 Å². The average molecular weight is 791 g/mol. The summed E-state index contributed by atoms with van der Waals surface area (Å²) >= 11 is 3.71. The molecule has 0 bridgehead atoms. The molecule has 2 atom stereocenters. The Morgan fingerprint density at radius 1 is 0.500 bits per heavy atom. The monoisotopic (exact) mass is 790 g/mol. The van der Waals surface area contributed by atoms with Gasteiger partial charge in [0.2, 0.25) is 0 Å². The number of carbonyl (C=O) groups excluding carboxylic acids is 2. The zero-order chi connectivity index (χ0) is 39.9. The van der Waals surface area contributed by atoms with E-state index in [9.17, 15) is 9.59 Å². The van der Waals surface area contributed by atoms with E-state index in [-0.39, 0.29) is 11.2 Å². The molecule has 58 heavy (non-hydrogen) atoms. The molecule has 2 heterocycles. The van der Waals surface area contributed by atoms with Crippen LogP contribution in [-0.4, -0.2) is 17.8 Å². The maximum Gasteiger partial charge on any atom is 0.150 e. The fourth-order valence-electron chi connectivity index (χ4n) is 8.36. The van der Waals surface area contributed by atoms with Crippen LogP contribution in [0.1, 0.15) is 54.1 Å². The average Bonchev–Trinajstić information content (AvgIpc) is 3.85. The summed E-state index contributed by atoms with van der Waals surface area (Å²) in [6, 6.07) is 53.2. The van der Waals surface area contributed by atoms with E-state index in [0.29, 0.717) is 11.1 Å². The fraction of sp³-hybridized carbons (Fsp3) is 0.115. The van der Waals surface area contributed by atoms with Crippen molar-refractivity contribution in [3.8, 4) is 0 Å². The Balaban J connectivity index is 1.35. The van der Waals surface area contributed by atoms with Gasteiger partial charge >= 0.3 is 0 Å². The highest BCUT2D eigenvalue weighted by molar-refractivity contribution is 8.04. The summed E-state index contributed by atoms with van der Waals surface area (Å²) in [5.41, 5.74) is 15.0. The summed E-state index contributed by atoms with van der Waals surface area (Å²) in [5, 5.41) is 3.48. The second-order valence-corrected chi connectivity index (χ2v) is 17.4. The van der Waals surface area contributed by atoms with Crippen LogP contribution in [-0.2, 0) is 0 Å². The zero-order valence-electron chi connectivity index (χ0n) is 32.8. The Morgan fingerprint density at radius 3 is 1.50 bits per heavy atom. The van der Waals surface area contributed by atoms with Gasteiger partial charge in [0.25, 0.3) is 0 Å². The molecule has 7 aromatic rings. The van der Waals surface area contributed by atoms with Crippen LogP contribution >= 0.6 is 23.1 Å². The maximum atomic E-state index is 12.1. The van der Waals surface area contributed by atoms with E-state index in [2.05, 4.69) is 159 Å². The number of benzene rings is 6. The third-order valence-electron chi connectivity index (χ3n) is 10.9. The number of aryl methyl sites for hydroxylation is 4. The van der Waals surface area contributed by atoms with Gasteiger partial charge in [0, 0.05) is 49.6 Å². The van der Waals surface area contributed by atoms with Crippen molar-refractivity contribution in [2.24, 2.45) is 5.92 Å². The van der Waals surface area contributed by atoms with Gasteiger partial charge in [0.05, 0.1) is 5.03 Å². The van der Waals surface area contributed by atoms with Gasteiger partial charge in [-0.25, -0.2) is 0 Å². The van der Waals surface area contributed by atoms with Gasteiger partial charge in [-0.2, -0.15) is 0 Å². The summed E-state index contributed by atoms with van der Waals surface area (Å²) in [4.78, 5) is 28.8. The lowest BCUT2D eigenvalue weighted by molar-refractivity contribution is 0.111. The standard InChI is InChI=1S/C52H42N2O2S2/c1-33-11-5-17-39(23-33)49-45-29-47(53(41-19-7-13-35(3)25-41)43-21-9-15-37(27-43)31-55)58-52(45)50(40-18-6-12-34(2)24-40)46-30-48(57-51(46)49)54(42-20-8-14-36(4)26-42)44-22-10-16-38(28-44)32-56/h5-32,45,52H,1-4H3. The summed E-state index contributed by atoms with van der Waals surface area (Å²) in [7, 11) is 0. The van der Waals surface area contributed by atoms with Crippen molar-refractivity contribution in [2.75, 3.05) is 9.80 Å². The molecule has 2 unspecified atom stereocenters. The van der Waals surface area contributed by atoms with Crippen LogP contribution in [0.15, 0.2) is 163 Å². The van der Waals surface area contributed by atoms with Crippen LogP contribution < -0.4 is 19.6 Å². The summed E-state index contributed by atoms with van der Waals surface area (Å²) in [5.74, 6) is 0.0312. The van der Waals surface area contributed by atoms with Crippen molar-refractivity contribution in [3.63, 3.8) is 0 Å². The van der Waals surface area contributed by atoms with Crippen molar-refractivity contribution in [2.45, 2.75) is 32.9 Å². The number of thiophene rings is 1. The minimum atomic E-state index is 0.0312. The molecular weight excluding hydrogens is 749 g/mol. The molecule has 0 fully saturated rings. The Kier molecular flexibility index (Phi) is 10.1. The van der Waals surface area contributed by atoms with E-state index in [0.717, 1.165) is 50.9 Å². The van der Waals surface area contributed by atoms with Gasteiger partial charge < -0.3 is 9.80 Å². The number of hydrogen-bond acceptors (Lipinski definition) is 6. The lowest BCUT2D eigenvalue weighted by Gasteiger charge is -2.29. The highest BCUT2D eigenvalue weighted by atomic mass is 32.2. The molecule has 1 aliphatic carbocycles. The molecule has 0 saturated carbocycles. The number of rotatable bonds is 10. The van der Waals surface area contributed by atoms with E-state index in [4.69, 9.17) is 0 Å². The smallest absolute Gasteiger partial charge is 0.150 e. The van der Waals surface area contributed by atoms with Crippen LogP contribution in [0.3, 0.4) is 0 Å². The number of hydrogen-bond donors (Lipinski definition) is 0. The van der Waals surface area contributed by atoms with Crippen LogP contribution in [0, 0.1) is 33.6 Å². The molecule has 6 aromatic carbocycles. The predicted molar refractivity (Wildman–Crippen MR) is 244 cm³/mol. The molecule has 0 amide bonds. The van der Waals surface area contributed by atoms with Crippen molar-refractivity contribution < 1.29 is 9.59 Å². The highest BCUT2D eigenvalue weighted by Gasteiger charge is 2.41. The zero-order valence-corrected chi connectivity index (χ0v) is 34.5. The number of nitrogens with zero attached hydrogens (tertiary/aromatic N) is 2. The molecule has 2 aliphatic rings. The lowest BCUT2D eigenvalue weighted by atomic mass is 9.80. The fourth-order valence-corrected chi connectivity index (χ4v) is 11.2. The quantitative estimate of drug-likeness (QED) is 0.129. The third-order valence-corrected chi connectivity index (χ3v) is 13.4. The SMILES string of the molecule is Cc1cccc(C2=c3cc(N(c4cccc(C)c4)c4cccc(C=O)c4)sc3=C(c3cccc(C)c3)C3C=C(N(c4cccc(C)c4)c4cccc(C=O)c4)SC23)c1. The first-order valence-electron chi connectivity index (χ1n) is 19.5. The topological polar surface area (TPSA) is 40.6 Å². The maximum absolute atomic E-state index is 12.1. The van der Waals surface area contributed by atoms with Crippen LogP contribution in [0.25, 0.3) is 11.1 Å². The first-order chi connectivity index (χ1) is 28.3. The molecular formula is C52H42N2O2S2. The van der Waals surface area contributed by atoms with Crippen molar-refractivity contribution in [3.05, 3.63) is 217 Å². The number of thioether (sulfide) groups is 1. The Labute approximate surface area is 348 Å². The van der Waals surface area contributed by atoms with E-state index < -0.39 is 0 Å². The number of carbonyl (C=O) groups is 2. The van der Waals surface area contributed by atoms with Crippen LogP contribution in [0.4, 0.5) is 27.8 Å².